The number of benzene rings is 2. The van der Waals surface area contributed by atoms with Gasteiger partial charge in [0.05, 0.1) is 19.9 Å². The summed E-state index contributed by atoms with van der Waals surface area (Å²) in [6.07, 6.45) is 5.34. The number of methoxy groups -OCH3 is 1. The van der Waals surface area contributed by atoms with Crippen molar-refractivity contribution in [3.63, 3.8) is 0 Å². The zero-order valence-electron chi connectivity index (χ0n) is 19.6. The maximum atomic E-state index is 13.7. The number of furan rings is 1. The fraction of sp³-hybridized carbons (Fsp3) is 0.296. The van der Waals surface area contributed by atoms with Gasteiger partial charge in [0.15, 0.2) is 5.76 Å². The molecule has 3 amide bonds. The topological polar surface area (TPSA) is 101 Å². The Morgan fingerprint density at radius 3 is 2.49 bits per heavy atom. The molecule has 3 aromatic rings. The number of ether oxygens (including phenoxy) is 1. The van der Waals surface area contributed by atoms with Crippen molar-refractivity contribution in [3.8, 4) is 5.75 Å². The summed E-state index contributed by atoms with van der Waals surface area (Å²) >= 11 is 0. The number of hydrogen-bond acceptors (Lipinski definition) is 5. The lowest BCUT2D eigenvalue weighted by atomic mass is 10.0. The van der Waals surface area contributed by atoms with Gasteiger partial charge in [0.2, 0.25) is 11.8 Å². The Morgan fingerprint density at radius 2 is 1.80 bits per heavy atom. The largest absolute Gasteiger partial charge is 0.497 e. The second-order valence-corrected chi connectivity index (χ2v) is 8.43. The van der Waals surface area contributed by atoms with E-state index in [1.807, 2.05) is 6.07 Å². The summed E-state index contributed by atoms with van der Waals surface area (Å²) in [5, 5.41) is 5.73. The summed E-state index contributed by atoms with van der Waals surface area (Å²) in [6.45, 7) is -0.314. The van der Waals surface area contributed by atoms with E-state index < -0.39 is 17.9 Å². The molecular weight excluding hydrogens is 446 g/mol. The molecule has 0 radical (unpaired) electrons. The van der Waals surface area contributed by atoms with E-state index in [1.54, 1.807) is 61.7 Å². The number of nitrogens with zero attached hydrogens (tertiary/aromatic N) is 1. The van der Waals surface area contributed by atoms with Gasteiger partial charge < -0.3 is 19.8 Å². The standard InChI is InChI=1S/C27H29N3O5/c1-34-22-14-7-9-19(17-22)25(27(33)29-20-10-5-6-11-20)30(21-12-3-2-4-13-21)24(31)18-28-26(32)23-15-8-16-35-23/h2-4,7-9,12-17,20,25H,5-6,10-11,18H2,1H3,(H,28,32)(H,29,33). The molecule has 2 aromatic carbocycles. The summed E-state index contributed by atoms with van der Waals surface area (Å²) in [5.41, 5.74) is 1.15. The van der Waals surface area contributed by atoms with Gasteiger partial charge in [-0.3, -0.25) is 19.3 Å². The molecule has 35 heavy (non-hydrogen) atoms. The van der Waals surface area contributed by atoms with Gasteiger partial charge in [-0.1, -0.05) is 43.2 Å². The van der Waals surface area contributed by atoms with Crippen molar-refractivity contribution in [2.45, 2.75) is 37.8 Å². The normalized spacial score (nSPS) is 14.2. The van der Waals surface area contributed by atoms with Crippen LogP contribution in [0.4, 0.5) is 5.69 Å². The minimum Gasteiger partial charge on any atom is -0.497 e. The summed E-state index contributed by atoms with van der Waals surface area (Å²) in [4.78, 5) is 41.1. The first kappa shape index (κ1) is 24.1. The molecule has 0 spiro atoms. The molecule has 1 fully saturated rings. The molecule has 0 aliphatic heterocycles. The Kier molecular flexibility index (Phi) is 7.82. The number of anilines is 1. The Labute approximate surface area is 204 Å². The molecule has 182 valence electrons. The molecule has 1 aliphatic rings. The maximum absolute atomic E-state index is 13.7. The van der Waals surface area contributed by atoms with Crippen LogP contribution in [0.2, 0.25) is 0 Å². The molecule has 1 saturated carbocycles. The molecule has 1 aromatic heterocycles. The van der Waals surface area contributed by atoms with Gasteiger partial charge in [0.1, 0.15) is 11.8 Å². The van der Waals surface area contributed by atoms with Crippen molar-refractivity contribution in [2.75, 3.05) is 18.6 Å². The minimum absolute atomic E-state index is 0.0713. The van der Waals surface area contributed by atoms with Crippen LogP contribution in [0.3, 0.4) is 0 Å². The van der Waals surface area contributed by atoms with Gasteiger partial charge in [0, 0.05) is 11.7 Å². The number of para-hydroxylation sites is 1. The predicted molar refractivity (Wildman–Crippen MR) is 131 cm³/mol. The van der Waals surface area contributed by atoms with E-state index in [9.17, 15) is 14.4 Å². The molecule has 1 atom stereocenters. The van der Waals surface area contributed by atoms with Gasteiger partial charge in [0.25, 0.3) is 5.91 Å². The van der Waals surface area contributed by atoms with Crippen LogP contribution in [0.15, 0.2) is 77.4 Å². The van der Waals surface area contributed by atoms with E-state index in [4.69, 9.17) is 9.15 Å². The molecule has 8 heteroatoms. The van der Waals surface area contributed by atoms with Crippen molar-refractivity contribution in [1.82, 2.24) is 10.6 Å². The van der Waals surface area contributed by atoms with Crippen LogP contribution >= 0.6 is 0 Å². The second-order valence-electron chi connectivity index (χ2n) is 8.43. The van der Waals surface area contributed by atoms with E-state index in [-0.39, 0.29) is 24.3 Å². The monoisotopic (exact) mass is 475 g/mol. The summed E-state index contributed by atoms with van der Waals surface area (Å²) in [6, 6.07) is 18.3. The van der Waals surface area contributed by atoms with Crippen molar-refractivity contribution in [1.29, 1.82) is 0 Å². The van der Waals surface area contributed by atoms with Crippen LogP contribution in [0, 0.1) is 0 Å². The molecule has 8 nitrogen and oxygen atoms in total. The highest BCUT2D eigenvalue weighted by atomic mass is 16.5. The highest BCUT2D eigenvalue weighted by Crippen LogP contribution is 2.31. The third-order valence-corrected chi connectivity index (χ3v) is 6.07. The van der Waals surface area contributed by atoms with Crippen LogP contribution in [0.25, 0.3) is 0 Å². The first-order valence-electron chi connectivity index (χ1n) is 11.7. The number of hydrogen-bond donors (Lipinski definition) is 2. The van der Waals surface area contributed by atoms with Gasteiger partial charge in [-0.05, 0) is 54.8 Å². The number of amides is 3. The predicted octanol–water partition coefficient (Wildman–Crippen LogP) is 3.85. The third kappa shape index (κ3) is 5.90. The lowest BCUT2D eigenvalue weighted by molar-refractivity contribution is -0.126. The number of carbonyl (C=O) groups is 3. The van der Waals surface area contributed by atoms with E-state index in [1.165, 1.54) is 17.2 Å². The Balaban J connectivity index is 1.68. The number of rotatable bonds is 9. The molecule has 1 heterocycles. The average molecular weight is 476 g/mol. The summed E-state index contributed by atoms with van der Waals surface area (Å²) in [5.74, 6) is -0.546. The average Bonchev–Trinajstić information content (AvgIpc) is 3.61. The first-order chi connectivity index (χ1) is 17.1. The van der Waals surface area contributed by atoms with Gasteiger partial charge >= 0.3 is 0 Å². The molecule has 1 aliphatic carbocycles. The Bertz CT molecular complexity index is 1140. The van der Waals surface area contributed by atoms with Crippen LogP contribution < -0.4 is 20.3 Å². The van der Waals surface area contributed by atoms with Crippen LogP contribution in [-0.4, -0.2) is 37.4 Å². The second kappa shape index (κ2) is 11.4. The van der Waals surface area contributed by atoms with Gasteiger partial charge in [-0.25, -0.2) is 0 Å². The number of carbonyl (C=O) groups excluding carboxylic acids is 3. The van der Waals surface area contributed by atoms with Gasteiger partial charge in [-0.15, -0.1) is 0 Å². The molecule has 2 N–H and O–H groups in total. The third-order valence-electron chi connectivity index (χ3n) is 6.07. The highest BCUT2D eigenvalue weighted by Gasteiger charge is 2.34. The van der Waals surface area contributed by atoms with E-state index in [0.717, 1.165) is 25.7 Å². The van der Waals surface area contributed by atoms with E-state index in [2.05, 4.69) is 10.6 Å². The first-order valence-corrected chi connectivity index (χ1v) is 11.7. The summed E-state index contributed by atoms with van der Waals surface area (Å²) < 4.78 is 10.5. The minimum atomic E-state index is -0.957. The molecule has 1 unspecified atom stereocenters. The lowest BCUT2D eigenvalue weighted by Crippen LogP contribution is -2.49. The maximum Gasteiger partial charge on any atom is 0.287 e. The zero-order valence-corrected chi connectivity index (χ0v) is 19.6. The SMILES string of the molecule is COc1cccc(C(C(=O)NC2CCCC2)N(C(=O)CNC(=O)c2ccco2)c2ccccc2)c1. The number of nitrogens with one attached hydrogen (secondary N) is 2. The molecule has 0 saturated heterocycles. The molecular formula is C27H29N3O5. The van der Waals surface area contributed by atoms with Crippen LogP contribution in [0.5, 0.6) is 5.75 Å². The molecule has 0 bridgehead atoms. The fourth-order valence-electron chi connectivity index (χ4n) is 4.34. The lowest BCUT2D eigenvalue weighted by Gasteiger charge is -2.32. The van der Waals surface area contributed by atoms with Crippen LogP contribution in [-0.2, 0) is 9.59 Å². The Morgan fingerprint density at radius 1 is 1.03 bits per heavy atom. The summed E-state index contributed by atoms with van der Waals surface area (Å²) in [7, 11) is 1.55. The Hall–Kier alpha value is -4.07. The van der Waals surface area contributed by atoms with Crippen molar-refractivity contribution in [2.24, 2.45) is 0 Å². The van der Waals surface area contributed by atoms with Crippen LogP contribution in [0.1, 0.15) is 47.8 Å². The highest BCUT2D eigenvalue weighted by molar-refractivity contribution is 6.04. The quantitative estimate of drug-likeness (QED) is 0.490. The van der Waals surface area contributed by atoms with Crippen molar-refractivity contribution in [3.05, 3.63) is 84.3 Å². The smallest absolute Gasteiger partial charge is 0.287 e. The van der Waals surface area contributed by atoms with Crippen molar-refractivity contribution < 1.29 is 23.5 Å². The fourth-order valence-corrected chi connectivity index (χ4v) is 4.34. The van der Waals surface area contributed by atoms with E-state index >= 15 is 0 Å². The zero-order chi connectivity index (χ0) is 24.6. The van der Waals surface area contributed by atoms with Gasteiger partial charge in [-0.2, -0.15) is 0 Å². The van der Waals surface area contributed by atoms with Crippen molar-refractivity contribution >= 4 is 23.4 Å². The van der Waals surface area contributed by atoms with E-state index in [0.29, 0.717) is 17.0 Å². The molecule has 4 rings (SSSR count).